The molecule has 2 heterocycles. The molecule has 1 aliphatic carbocycles. The Morgan fingerprint density at radius 2 is 1.91 bits per heavy atom. The Bertz CT molecular complexity index is 778. The Morgan fingerprint density at radius 3 is 2.57 bits per heavy atom. The van der Waals surface area contributed by atoms with E-state index in [2.05, 4.69) is 42.2 Å². The van der Waals surface area contributed by atoms with Crippen molar-refractivity contribution in [2.75, 3.05) is 5.73 Å². The molecular weight excluding hydrogens is 284 g/mol. The molecule has 0 radical (unpaired) electrons. The molecular formula is C19H26N4. The fraction of sp³-hybridized carbons (Fsp3) is 0.579. The highest BCUT2D eigenvalue weighted by atomic mass is 15.1. The van der Waals surface area contributed by atoms with Crippen molar-refractivity contribution in [2.24, 2.45) is 13.0 Å². The fourth-order valence-corrected chi connectivity index (χ4v) is 3.44. The normalized spacial score (nSPS) is 16.3. The van der Waals surface area contributed by atoms with Crippen molar-refractivity contribution in [3.8, 4) is 11.8 Å². The molecule has 122 valence electrons. The van der Waals surface area contributed by atoms with Crippen LogP contribution in [0.3, 0.4) is 0 Å². The first kappa shape index (κ1) is 15.9. The molecule has 0 bridgehead atoms. The molecule has 1 fully saturated rings. The molecule has 4 nitrogen and oxygen atoms in total. The number of nitrogen functional groups attached to an aromatic ring is 1. The number of nitrogens with zero attached hydrogens (tertiary/aromatic N) is 3. The van der Waals surface area contributed by atoms with E-state index in [-0.39, 0.29) is 5.41 Å². The zero-order valence-electron chi connectivity index (χ0n) is 14.6. The summed E-state index contributed by atoms with van der Waals surface area (Å²) in [5, 5.41) is 0. The number of hydrogen-bond donors (Lipinski definition) is 1. The van der Waals surface area contributed by atoms with E-state index in [1.54, 1.807) is 6.20 Å². The van der Waals surface area contributed by atoms with Crippen LogP contribution in [-0.2, 0) is 12.5 Å². The van der Waals surface area contributed by atoms with Gasteiger partial charge in [-0.25, -0.2) is 9.97 Å². The molecule has 0 atom stereocenters. The van der Waals surface area contributed by atoms with Crippen molar-refractivity contribution < 1.29 is 0 Å². The SMILES string of the molecule is Cn1c(C(C)(C)C)nc2cnc(N)c(C#CC3CCCCC3)c21. The summed E-state index contributed by atoms with van der Waals surface area (Å²) in [4.78, 5) is 9.06. The number of rotatable bonds is 0. The van der Waals surface area contributed by atoms with Gasteiger partial charge >= 0.3 is 0 Å². The Balaban J connectivity index is 2.10. The maximum Gasteiger partial charge on any atom is 0.141 e. The Labute approximate surface area is 138 Å². The second kappa shape index (κ2) is 5.88. The van der Waals surface area contributed by atoms with Crippen LogP contribution in [0.4, 0.5) is 5.82 Å². The molecule has 2 aromatic rings. The van der Waals surface area contributed by atoms with Crippen LogP contribution >= 0.6 is 0 Å². The first-order valence-corrected chi connectivity index (χ1v) is 8.51. The van der Waals surface area contributed by atoms with Gasteiger partial charge in [-0.1, -0.05) is 51.9 Å². The molecule has 3 rings (SSSR count). The lowest BCUT2D eigenvalue weighted by molar-refractivity contribution is 0.430. The van der Waals surface area contributed by atoms with Gasteiger partial charge < -0.3 is 10.3 Å². The molecule has 0 amide bonds. The van der Waals surface area contributed by atoms with Gasteiger partial charge in [0.2, 0.25) is 0 Å². The Morgan fingerprint density at radius 1 is 1.22 bits per heavy atom. The van der Waals surface area contributed by atoms with Crippen LogP contribution in [0.1, 0.15) is 64.3 Å². The van der Waals surface area contributed by atoms with E-state index in [4.69, 9.17) is 10.7 Å². The third kappa shape index (κ3) is 3.06. The average molecular weight is 310 g/mol. The number of pyridine rings is 1. The number of hydrogen-bond acceptors (Lipinski definition) is 3. The standard InChI is InChI=1S/C19H26N4/c1-19(2,3)18-22-15-12-21-17(20)14(16(15)23(18)4)11-10-13-8-6-5-7-9-13/h12-13H,5-9H2,1-4H3,(H2,20,21). The van der Waals surface area contributed by atoms with Gasteiger partial charge in [-0.3, -0.25) is 0 Å². The molecule has 1 saturated carbocycles. The molecule has 2 N–H and O–H groups in total. The second-order valence-electron chi connectivity index (χ2n) is 7.60. The van der Waals surface area contributed by atoms with Gasteiger partial charge in [-0.05, 0) is 12.8 Å². The fourth-order valence-electron chi connectivity index (χ4n) is 3.44. The Kier molecular flexibility index (Phi) is 4.06. The van der Waals surface area contributed by atoms with E-state index in [1.807, 2.05) is 7.05 Å². The zero-order chi connectivity index (χ0) is 16.6. The maximum atomic E-state index is 6.13. The molecule has 0 aliphatic heterocycles. The van der Waals surface area contributed by atoms with Gasteiger partial charge in [-0.15, -0.1) is 0 Å². The first-order valence-electron chi connectivity index (χ1n) is 8.51. The lowest BCUT2D eigenvalue weighted by Crippen LogP contribution is -2.17. The van der Waals surface area contributed by atoms with Crippen molar-refractivity contribution in [1.82, 2.24) is 14.5 Å². The minimum Gasteiger partial charge on any atom is -0.383 e. The molecule has 0 saturated heterocycles. The predicted octanol–water partition coefficient (Wildman–Crippen LogP) is 3.78. The van der Waals surface area contributed by atoms with Crippen molar-refractivity contribution in [1.29, 1.82) is 0 Å². The summed E-state index contributed by atoms with van der Waals surface area (Å²) in [6.07, 6.45) is 8.08. The van der Waals surface area contributed by atoms with Crippen LogP contribution in [0, 0.1) is 17.8 Å². The number of aromatic nitrogens is 3. The van der Waals surface area contributed by atoms with Crippen molar-refractivity contribution in [3.05, 3.63) is 17.6 Å². The van der Waals surface area contributed by atoms with Crippen molar-refractivity contribution in [2.45, 2.75) is 58.3 Å². The largest absolute Gasteiger partial charge is 0.383 e. The number of fused-ring (bicyclic) bond motifs is 1. The lowest BCUT2D eigenvalue weighted by atomic mass is 9.89. The van der Waals surface area contributed by atoms with E-state index >= 15 is 0 Å². The van der Waals surface area contributed by atoms with E-state index in [9.17, 15) is 0 Å². The van der Waals surface area contributed by atoms with Gasteiger partial charge in [0.1, 0.15) is 17.2 Å². The smallest absolute Gasteiger partial charge is 0.141 e. The van der Waals surface area contributed by atoms with E-state index in [0.29, 0.717) is 11.7 Å². The zero-order valence-corrected chi connectivity index (χ0v) is 14.6. The predicted molar refractivity (Wildman–Crippen MR) is 95.1 cm³/mol. The third-order valence-electron chi connectivity index (χ3n) is 4.62. The minimum absolute atomic E-state index is 0.0312. The van der Waals surface area contributed by atoms with E-state index in [0.717, 1.165) is 22.4 Å². The van der Waals surface area contributed by atoms with Gasteiger partial charge in [0.05, 0.1) is 17.3 Å². The number of aryl methyl sites for hydroxylation is 1. The number of nitrogens with two attached hydrogens (primary N) is 1. The summed E-state index contributed by atoms with van der Waals surface area (Å²) in [7, 11) is 2.04. The first-order chi connectivity index (χ1) is 10.9. The summed E-state index contributed by atoms with van der Waals surface area (Å²) in [5.74, 6) is 8.79. The van der Waals surface area contributed by atoms with Gasteiger partial charge in [0, 0.05) is 18.4 Å². The van der Waals surface area contributed by atoms with Crippen molar-refractivity contribution >= 4 is 16.9 Å². The van der Waals surface area contributed by atoms with Gasteiger partial charge in [0.15, 0.2) is 0 Å². The molecule has 23 heavy (non-hydrogen) atoms. The summed E-state index contributed by atoms with van der Waals surface area (Å²) in [5.41, 5.74) is 8.82. The second-order valence-corrected chi connectivity index (χ2v) is 7.60. The van der Waals surface area contributed by atoms with E-state index < -0.39 is 0 Å². The van der Waals surface area contributed by atoms with Gasteiger partial charge in [0.25, 0.3) is 0 Å². The molecule has 0 spiro atoms. The average Bonchev–Trinajstić information content (AvgIpc) is 2.85. The summed E-state index contributed by atoms with van der Waals surface area (Å²) >= 11 is 0. The van der Waals surface area contributed by atoms with Crippen LogP contribution in [0.25, 0.3) is 11.0 Å². The maximum absolute atomic E-state index is 6.13. The van der Waals surface area contributed by atoms with Gasteiger partial charge in [-0.2, -0.15) is 0 Å². The quantitative estimate of drug-likeness (QED) is 0.753. The molecule has 1 aliphatic rings. The molecule has 0 aromatic carbocycles. The van der Waals surface area contributed by atoms with Crippen LogP contribution in [-0.4, -0.2) is 14.5 Å². The molecule has 0 unspecified atom stereocenters. The molecule has 4 heteroatoms. The van der Waals surface area contributed by atoms with Crippen molar-refractivity contribution in [3.63, 3.8) is 0 Å². The monoisotopic (exact) mass is 310 g/mol. The van der Waals surface area contributed by atoms with E-state index in [1.165, 1.54) is 32.1 Å². The number of anilines is 1. The highest BCUT2D eigenvalue weighted by Crippen LogP contribution is 2.29. The summed E-state index contributed by atoms with van der Waals surface area (Å²) in [6, 6.07) is 0. The highest BCUT2D eigenvalue weighted by Gasteiger charge is 2.23. The Hall–Kier alpha value is -2.02. The number of imidazole rings is 1. The highest BCUT2D eigenvalue weighted by molar-refractivity contribution is 5.86. The summed E-state index contributed by atoms with van der Waals surface area (Å²) in [6.45, 7) is 6.50. The topological polar surface area (TPSA) is 56.7 Å². The lowest BCUT2D eigenvalue weighted by Gasteiger charge is -2.18. The minimum atomic E-state index is -0.0312. The third-order valence-corrected chi connectivity index (χ3v) is 4.62. The molecule has 2 aromatic heterocycles. The summed E-state index contributed by atoms with van der Waals surface area (Å²) < 4.78 is 2.12. The van der Waals surface area contributed by atoms with Crippen LogP contribution in [0.5, 0.6) is 0 Å². The van der Waals surface area contributed by atoms with Crippen LogP contribution in [0.2, 0.25) is 0 Å². The van der Waals surface area contributed by atoms with Crippen LogP contribution in [0.15, 0.2) is 6.20 Å². The van der Waals surface area contributed by atoms with Crippen LogP contribution < -0.4 is 5.73 Å².